The van der Waals surface area contributed by atoms with Gasteiger partial charge in [0.1, 0.15) is 0 Å². The van der Waals surface area contributed by atoms with E-state index in [9.17, 15) is 4.79 Å². The highest BCUT2D eigenvalue weighted by molar-refractivity contribution is 5.31. The van der Waals surface area contributed by atoms with Crippen LogP contribution in [0.4, 0.5) is 5.95 Å². The molecule has 1 unspecified atom stereocenters. The zero-order chi connectivity index (χ0) is 18.6. The van der Waals surface area contributed by atoms with Crippen LogP contribution in [0.2, 0.25) is 0 Å². The molecule has 1 atom stereocenters. The molecule has 2 aliphatic rings. The molecule has 0 spiro atoms. The van der Waals surface area contributed by atoms with Crippen molar-refractivity contribution in [3.8, 4) is 0 Å². The van der Waals surface area contributed by atoms with E-state index < -0.39 is 0 Å². The highest BCUT2D eigenvalue weighted by atomic mass is 16.1. The van der Waals surface area contributed by atoms with Gasteiger partial charge in [-0.1, -0.05) is 0 Å². The predicted octanol–water partition coefficient (Wildman–Crippen LogP) is 2.36. The highest BCUT2D eigenvalue weighted by Crippen LogP contribution is 2.27. The van der Waals surface area contributed by atoms with Crippen molar-refractivity contribution < 1.29 is 0 Å². The van der Waals surface area contributed by atoms with Gasteiger partial charge in [0, 0.05) is 56.5 Å². The van der Waals surface area contributed by atoms with Gasteiger partial charge in [0.15, 0.2) is 0 Å². The molecule has 4 heterocycles. The Morgan fingerprint density at radius 1 is 1.19 bits per heavy atom. The number of anilines is 1. The number of aromatic nitrogens is 4. The van der Waals surface area contributed by atoms with E-state index in [0.717, 1.165) is 63.8 Å². The lowest BCUT2D eigenvalue weighted by atomic mass is 9.94. The Bertz CT molecular complexity index is 807. The second-order valence-electron chi connectivity index (χ2n) is 7.82. The van der Waals surface area contributed by atoms with E-state index in [-0.39, 0.29) is 5.56 Å². The summed E-state index contributed by atoms with van der Waals surface area (Å²) in [6.07, 6.45) is 9.96. The van der Waals surface area contributed by atoms with Gasteiger partial charge in [0.25, 0.3) is 5.56 Å². The van der Waals surface area contributed by atoms with Crippen LogP contribution in [0.1, 0.15) is 56.2 Å². The Balaban J connectivity index is 1.47. The zero-order valence-electron chi connectivity index (χ0n) is 16.2. The summed E-state index contributed by atoms with van der Waals surface area (Å²) < 4.78 is 1.97. The van der Waals surface area contributed by atoms with Crippen LogP contribution in [0.3, 0.4) is 0 Å². The number of nitrogens with zero attached hydrogens (tertiary/aromatic N) is 5. The molecule has 2 aromatic rings. The maximum atomic E-state index is 12.3. The quantitative estimate of drug-likeness (QED) is 0.875. The average molecular weight is 371 g/mol. The van der Waals surface area contributed by atoms with Crippen LogP contribution in [0.5, 0.6) is 0 Å². The van der Waals surface area contributed by atoms with Crippen LogP contribution in [0.15, 0.2) is 23.3 Å². The molecule has 0 saturated carbocycles. The molecule has 4 rings (SSSR count). The first-order chi connectivity index (χ1) is 13.2. The molecule has 7 heteroatoms. The van der Waals surface area contributed by atoms with E-state index in [4.69, 9.17) is 4.98 Å². The topological polar surface area (TPSA) is 70.1 Å². The molecule has 0 radical (unpaired) electrons. The lowest BCUT2D eigenvalue weighted by Crippen LogP contribution is -2.36. The number of likely N-dealkylation sites (tertiary alicyclic amines) is 1. The van der Waals surface area contributed by atoms with E-state index in [2.05, 4.69) is 33.0 Å². The van der Waals surface area contributed by atoms with Crippen LogP contribution in [-0.2, 0) is 13.1 Å². The van der Waals surface area contributed by atoms with Crippen LogP contribution in [-0.4, -0.2) is 50.8 Å². The number of hydrogen-bond acceptors (Lipinski definition) is 5. The second kappa shape index (κ2) is 8.25. The number of aromatic amines is 1. The molecule has 0 bridgehead atoms. The lowest BCUT2D eigenvalue weighted by molar-refractivity contribution is 0.198. The Morgan fingerprint density at radius 3 is 2.81 bits per heavy atom. The summed E-state index contributed by atoms with van der Waals surface area (Å²) in [6.45, 7) is 7.95. The Morgan fingerprint density at radius 2 is 2.04 bits per heavy atom. The largest absolute Gasteiger partial charge is 0.342 e. The van der Waals surface area contributed by atoms with Crippen LogP contribution < -0.4 is 10.5 Å². The first-order valence-corrected chi connectivity index (χ1v) is 10.3. The monoisotopic (exact) mass is 370 g/mol. The van der Waals surface area contributed by atoms with Gasteiger partial charge in [-0.3, -0.25) is 19.4 Å². The first kappa shape index (κ1) is 18.2. The minimum absolute atomic E-state index is 0.0260. The lowest BCUT2D eigenvalue weighted by Gasteiger charge is -2.33. The normalized spacial score (nSPS) is 21.5. The Hall–Kier alpha value is -2.15. The summed E-state index contributed by atoms with van der Waals surface area (Å²) in [7, 11) is 0. The highest BCUT2D eigenvalue weighted by Gasteiger charge is 2.24. The molecule has 27 heavy (non-hydrogen) atoms. The molecule has 1 N–H and O–H groups in total. The molecular weight excluding hydrogens is 340 g/mol. The summed E-state index contributed by atoms with van der Waals surface area (Å²) in [5.41, 5.74) is 2.18. The SMILES string of the molecule is CCn1cc(CN2CCCC(c3cc(=O)[nH]c(N4CCCCC4)n3)C2)cn1. The molecular formula is C20H30N6O. The van der Waals surface area contributed by atoms with Crippen LogP contribution >= 0.6 is 0 Å². The summed E-state index contributed by atoms with van der Waals surface area (Å²) >= 11 is 0. The number of aryl methyl sites for hydroxylation is 1. The van der Waals surface area contributed by atoms with Gasteiger partial charge in [0.05, 0.1) is 11.9 Å². The number of hydrogen-bond donors (Lipinski definition) is 1. The first-order valence-electron chi connectivity index (χ1n) is 10.3. The summed E-state index contributed by atoms with van der Waals surface area (Å²) in [4.78, 5) is 24.8. The summed E-state index contributed by atoms with van der Waals surface area (Å²) in [6, 6.07) is 1.71. The number of nitrogens with one attached hydrogen (secondary N) is 1. The van der Waals surface area contributed by atoms with E-state index in [0.29, 0.717) is 5.92 Å². The van der Waals surface area contributed by atoms with E-state index >= 15 is 0 Å². The molecule has 2 saturated heterocycles. The minimum atomic E-state index is -0.0260. The van der Waals surface area contributed by atoms with Crippen molar-refractivity contribution in [2.45, 2.75) is 58.0 Å². The van der Waals surface area contributed by atoms with Crippen molar-refractivity contribution in [1.29, 1.82) is 0 Å². The fourth-order valence-electron chi connectivity index (χ4n) is 4.29. The van der Waals surface area contributed by atoms with Gasteiger partial charge in [-0.2, -0.15) is 5.10 Å². The van der Waals surface area contributed by atoms with Crippen molar-refractivity contribution in [2.75, 3.05) is 31.1 Å². The van der Waals surface area contributed by atoms with Crippen molar-refractivity contribution in [2.24, 2.45) is 0 Å². The van der Waals surface area contributed by atoms with Crippen LogP contribution in [0, 0.1) is 0 Å². The third-order valence-electron chi connectivity index (χ3n) is 5.75. The van der Waals surface area contributed by atoms with E-state index in [1.807, 2.05) is 10.9 Å². The molecule has 0 aromatic carbocycles. The second-order valence-corrected chi connectivity index (χ2v) is 7.82. The molecule has 2 aliphatic heterocycles. The third kappa shape index (κ3) is 4.40. The van der Waals surface area contributed by atoms with E-state index in [1.54, 1.807) is 6.07 Å². The van der Waals surface area contributed by atoms with Gasteiger partial charge in [0.2, 0.25) is 5.95 Å². The summed E-state index contributed by atoms with van der Waals surface area (Å²) in [5, 5.41) is 4.38. The molecule has 0 aliphatic carbocycles. The zero-order valence-corrected chi connectivity index (χ0v) is 16.2. The smallest absolute Gasteiger partial charge is 0.252 e. The van der Waals surface area contributed by atoms with Gasteiger partial charge in [-0.05, 0) is 45.6 Å². The van der Waals surface area contributed by atoms with Crippen molar-refractivity contribution >= 4 is 5.95 Å². The van der Waals surface area contributed by atoms with Gasteiger partial charge < -0.3 is 4.90 Å². The number of rotatable bonds is 5. The molecule has 2 fully saturated rings. The van der Waals surface area contributed by atoms with Crippen molar-refractivity contribution in [3.05, 3.63) is 40.1 Å². The average Bonchev–Trinajstić information content (AvgIpc) is 3.16. The van der Waals surface area contributed by atoms with Crippen LogP contribution in [0.25, 0.3) is 0 Å². The summed E-state index contributed by atoms with van der Waals surface area (Å²) in [5.74, 6) is 1.09. The maximum absolute atomic E-state index is 12.3. The molecule has 146 valence electrons. The maximum Gasteiger partial charge on any atom is 0.252 e. The van der Waals surface area contributed by atoms with Crippen molar-refractivity contribution in [3.63, 3.8) is 0 Å². The number of piperidine rings is 2. The molecule has 2 aromatic heterocycles. The molecule has 7 nitrogen and oxygen atoms in total. The fraction of sp³-hybridized carbons (Fsp3) is 0.650. The Kier molecular flexibility index (Phi) is 5.57. The van der Waals surface area contributed by atoms with Gasteiger partial charge >= 0.3 is 0 Å². The predicted molar refractivity (Wildman–Crippen MR) is 106 cm³/mol. The van der Waals surface area contributed by atoms with Gasteiger partial charge in [-0.15, -0.1) is 0 Å². The number of H-pyrrole nitrogens is 1. The van der Waals surface area contributed by atoms with E-state index in [1.165, 1.54) is 24.8 Å². The van der Waals surface area contributed by atoms with Gasteiger partial charge in [-0.25, -0.2) is 4.98 Å². The third-order valence-corrected chi connectivity index (χ3v) is 5.75. The van der Waals surface area contributed by atoms with Crippen molar-refractivity contribution in [1.82, 2.24) is 24.6 Å². The fourth-order valence-corrected chi connectivity index (χ4v) is 4.29. The Labute approximate surface area is 160 Å². The minimum Gasteiger partial charge on any atom is -0.342 e. The standard InChI is InChI=1S/C20H30N6O/c1-2-26-14-16(12-21-26)13-24-8-6-7-17(15-24)18-11-19(27)23-20(22-18)25-9-4-3-5-10-25/h11-12,14,17H,2-10,13,15H2,1H3,(H,22,23,27). The molecule has 0 amide bonds.